The Balaban J connectivity index is 1.72. The van der Waals surface area contributed by atoms with Gasteiger partial charge in [-0.05, 0) is 35.1 Å². The van der Waals surface area contributed by atoms with Gasteiger partial charge in [0.25, 0.3) is 11.8 Å². The van der Waals surface area contributed by atoms with Crippen LogP contribution in [0, 0.1) is 5.92 Å². The third-order valence-corrected chi connectivity index (χ3v) is 5.13. The summed E-state index contributed by atoms with van der Waals surface area (Å²) in [5, 5.41) is 2.99. The lowest BCUT2D eigenvalue weighted by atomic mass is 9.93. The number of imide groups is 1. The average molecular weight is 378 g/mol. The Morgan fingerprint density at radius 2 is 1.36 bits per heavy atom. The molecule has 0 aromatic heterocycles. The summed E-state index contributed by atoms with van der Waals surface area (Å²) in [6.45, 7) is 8.06. The largest absolute Gasteiger partial charge is 0.347 e. The van der Waals surface area contributed by atoms with Crippen LogP contribution in [0.1, 0.15) is 71.5 Å². The molecule has 0 aliphatic carbocycles. The molecule has 0 bridgehead atoms. The summed E-state index contributed by atoms with van der Waals surface area (Å²) < 4.78 is 0. The van der Waals surface area contributed by atoms with Crippen molar-refractivity contribution in [3.63, 3.8) is 0 Å². The van der Waals surface area contributed by atoms with E-state index >= 15 is 0 Å². The number of hydrogen-bond acceptors (Lipinski definition) is 3. The van der Waals surface area contributed by atoms with Crippen molar-refractivity contribution in [2.45, 2.75) is 39.7 Å². The van der Waals surface area contributed by atoms with Gasteiger partial charge in [-0.2, -0.15) is 0 Å². The molecule has 2 aromatic rings. The molecule has 3 rings (SSSR count). The first-order valence-electron chi connectivity index (χ1n) is 9.64. The topological polar surface area (TPSA) is 66.5 Å². The summed E-state index contributed by atoms with van der Waals surface area (Å²) in [5.41, 5.74) is 2.95. The molecule has 0 saturated carbocycles. The number of fused-ring (bicyclic) bond motifs is 1. The maximum absolute atomic E-state index is 12.6. The Hall–Kier alpha value is -2.95. The fraction of sp³-hybridized carbons (Fsp3) is 0.348. The second-order valence-corrected chi connectivity index (χ2v) is 7.85. The van der Waals surface area contributed by atoms with Gasteiger partial charge in [-0.25, -0.2) is 0 Å². The van der Waals surface area contributed by atoms with Crippen molar-refractivity contribution in [2.24, 2.45) is 5.92 Å². The van der Waals surface area contributed by atoms with Crippen LogP contribution in [-0.2, 0) is 4.79 Å². The van der Waals surface area contributed by atoms with E-state index in [1.807, 2.05) is 26.0 Å². The van der Waals surface area contributed by atoms with Crippen LogP contribution in [0.25, 0.3) is 0 Å². The molecule has 2 aromatic carbocycles. The quantitative estimate of drug-likeness (QED) is 0.775. The average Bonchev–Trinajstić information content (AvgIpc) is 2.91. The van der Waals surface area contributed by atoms with E-state index in [0.29, 0.717) is 17.0 Å². The molecular formula is C23H26N2O3. The first-order valence-corrected chi connectivity index (χ1v) is 9.64. The highest BCUT2D eigenvalue weighted by molar-refractivity contribution is 6.22. The maximum Gasteiger partial charge on any atom is 0.262 e. The molecule has 0 saturated heterocycles. The van der Waals surface area contributed by atoms with Crippen LogP contribution in [-0.4, -0.2) is 29.2 Å². The van der Waals surface area contributed by atoms with Gasteiger partial charge in [-0.1, -0.05) is 64.1 Å². The van der Waals surface area contributed by atoms with E-state index in [9.17, 15) is 14.4 Å². The second-order valence-electron chi connectivity index (χ2n) is 7.85. The Morgan fingerprint density at radius 1 is 0.857 bits per heavy atom. The van der Waals surface area contributed by atoms with Crippen LogP contribution >= 0.6 is 0 Å². The van der Waals surface area contributed by atoms with Gasteiger partial charge in [0, 0.05) is 0 Å². The van der Waals surface area contributed by atoms with Crippen molar-refractivity contribution in [2.75, 3.05) is 6.54 Å². The van der Waals surface area contributed by atoms with Crippen LogP contribution in [0.3, 0.4) is 0 Å². The molecule has 1 aliphatic heterocycles. The number of amides is 3. The number of rotatable bonds is 6. The van der Waals surface area contributed by atoms with Crippen LogP contribution < -0.4 is 5.32 Å². The molecule has 5 nitrogen and oxygen atoms in total. The molecule has 1 heterocycles. The van der Waals surface area contributed by atoms with E-state index in [2.05, 4.69) is 31.3 Å². The molecule has 146 valence electrons. The zero-order chi connectivity index (χ0) is 20.4. The third-order valence-electron chi connectivity index (χ3n) is 5.13. The molecule has 0 unspecified atom stereocenters. The van der Waals surface area contributed by atoms with E-state index in [-0.39, 0.29) is 24.4 Å². The molecule has 1 N–H and O–H groups in total. The summed E-state index contributed by atoms with van der Waals surface area (Å²) in [6, 6.07) is 14.7. The minimum atomic E-state index is -0.418. The van der Waals surface area contributed by atoms with Crippen LogP contribution in [0.15, 0.2) is 48.5 Å². The lowest BCUT2D eigenvalue weighted by molar-refractivity contribution is -0.122. The fourth-order valence-electron chi connectivity index (χ4n) is 3.47. The van der Waals surface area contributed by atoms with Gasteiger partial charge in [0.1, 0.15) is 6.54 Å². The first-order chi connectivity index (χ1) is 13.3. The summed E-state index contributed by atoms with van der Waals surface area (Å²) in [4.78, 5) is 38.6. The molecule has 0 fully saturated rings. The lowest BCUT2D eigenvalue weighted by Gasteiger charge is -2.24. The van der Waals surface area contributed by atoms with Crippen molar-refractivity contribution in [3.05, 3.63) is 70.8 Å². The van der Waals surface area contributed by atoms with E-state index in [4.69, 9.17) is 0 Å². The number of carbonyl (C=O) groups excluding carboxylic acids is 3. The van der Waals surface area contributed by atoms with Gasteiger partial charge >= 0.3 is 0 Å². The predicted molar refractivity (Wildman–Crippen MR) is 108 cm³/mol. The van der Waals surface area contributed by atoms with Gasteiger partial charge in [-0.3, -0.25) is 19.3 Å². The molecule has 0 spiro atoms. The standard InChI is InChI=1S/C23H26N2O3/c1-14(2)16-9-11-17(12-10-16)21(15(3)4)24-20(26)13-25-22(27)18-7-5-6-8-19(18)23(25)28/h5-12,14-15,21H,13H2,1-4H3,(H,24,26)/t21-/m1/s1. The monoisotopic (exact) mass is 378 g/mol. The Labute approximate surface area is 165 Å². The number of nitrogens with zero attached hydrogens (tertiary/aromatic N) is 1. The minimum Gasteiger partial charge on any atom is -0.347 e. The highest BCUT2D eigenvalue weighted by Gasteiger charge is 2.36. The van der Waals surface area contributed by atoms with Crippen molar-refractivity contribution in [1.82, 2.24) is 10.2 Å². The van der Waals surface area contributed by atoms with Crippen molar-refractivity contribution in [1.29, 1.82) is 0 Å². The normalized spacial score (nSPS) is 14.6. The SMILES string of the molecule is CC(C)c1ccc([C@H](NC(=O)CN2C(=O)c3ccccc3C2=O)C(C)C)cc1. The summed E-state index contributed by atoms with van der Waals surface area (Å²) in [6.07, 6.45) is 0. The third kappa shape index (κ3) is 3.84. The number of carbonyl (C=O) groups is 3. The van der Waals surface area contributed by atoms with Crippen LogP contribution in [0.5, 0.6) is 0 Å². The van der Waals surface area contributed by atoms with Crippen molar-refractivity contribution < 1.29 is 14.4 Å². The minimum absolute atomic E-state index is 0.163. The molecule has 1 atom stereocenters. The molecule has 28 heavy (non-hydrogen) atoms. The van der Waals surface area contributed by atoms with E-state index in [1.54, 1.807) is 24.3 Å². The van der Waals surface area contributed by atoms with Gasteiger partial charge < -0.3 is 5.32 Å². The number of benzene rings is 2. The Kier molecular flexibility index (Phi) is 5.63. The summed E-state index contributed by atoms with van der Waals surface area (Å²) in [5.74, 6) is -0.580. The highest BCUT2D eigenvalue weighted by atomic mass is 16.2. The smallest absolute Gasteiger partial charge is 0.262 e. The zero-order valence-electron chi connectivity index (χ0n) is 16.7. The van der Waals surface area contributed by atoms with E-state index < -0.39 is 11.8 Å². The van der Waals surface area contributed by atoms with Crippen LogP contribution in [0.4, 0.5) is 0 Å². The van der Waals surface area contributed by atoms with Gasteiger partial charge in [0.2, 0.25) is 5.91 Å². The fourth-order valence-corrected chi connectivity index (χ4v) is 3.47. The first kappa shape index (κ1) is 19.8. The van der Waals surface area contributed by atoms with E-state index in [1.165, 1.54) is 5.56 Å². The van der Waals surface area contributed by atoms with Crippen molar-refractivity contribution >= 4 is 17.7 Å². The number of hydrogen-bond donors (Lipinski definition) is 1. The number of nitrogens with one attached hydrogen (secondary N) is 1. The highest BCUT2D eigenvalue weighted by Crippen LogP contribution is 2.25. The lowest BCUT2D eigenvalue weighted by Crippen LogP contribution is -2.42. The van der Waals surface area contributed by atoms with Crippen molar-refractivity contribution in [3.8, 4) is 0 Å². The predicted octanol–water partition coefficient (Wildman–Crippen LogP) is 3.92. The van der Waals surface area contributed by atoms with Gasteiger partial charge in [-0.15, -0.1) is 0 Å². The molecule has 0 radical (unpaired) electrons. The maximum atomic E-state index is 12.6. The van der Waals surface area contributed by atoms with E-state index in [0.717, 1.165) is 10.5 Å². The summed E-state index contributed by atoms with van der Waals surface area (Å²) >= 11 is 0. The van der Waals surface area contributed by atoms with Crippen LogP contribution in [0.2, 0.25) is 0 Å². The Morgan fingerprint density at radius 3 is 1.82 bits per heavy atom. The van der Waals surface area contributed by atoms with Gasteiger partial charge in [0.15, 0.2) is 0 Å². The summed E-state index contributed by atoms with van der Waals surface area (Å²) in [7, 11) is 0. The Bertz CT molecular complexity index is 865. The molecule has 5 heteroatoms. The molecular weight excluding hydrogens is 352 g/mol. The zero-order valence-corrected chi connectivity index (χ0v) is 16.7. The van der Waals surface area contributed by atoms with Gasteiger partial charge in [0.05, 0.1) is 17.2 Å². The second kappa shape index (κ2) is 7.97. The molecule has 3 amide bonds. The molecule has 1 aliphatic rings.